The molecule has 3 aliphatic rings. The van der Waals surface area contributed by atoms with Crippen molar-refractivity contribution < 1.29 is 19.8 Å². The van der Waals surface area contributed by atoms with Gasteiger partial charge >= 0.3 is 11.9 Å². The molecule has 0 unspecified atom stereocenters. The highest BCUT2D eigenvalue weighted by molar-refractivity contribution is 5.90. The first-order chi connectivity index (χ1) is 17.8. The van der Waals surface area contributed by atoms with Gasteiger partial charge in [0.2, 0.25) is 0 Å². The normalized spacial score (nSPS) is 24.0. The number of likely N-dealkylation sites (N-methyl/N-ethyl adjacent to an activating group) is 1. The number of rotatable bonds is 4. The van der Waals surface area contributed by atoms with Crippen LogP contribution in [0, 0.1) is 0 Å². The molecule has 10 nitrogen and oxygen atoms in total. The largest absolute Gasteiger partial charge is 0.478 e. The zero-order valence-corrected chi connectivity index (χ0v) is 21.3. The number of piperidine rings is 1. The highest BCUT2D eigenvalue weighted by Crippen LogP contribution is 2.47. The second-order valence-corrected chi connectivity index (χ2v) is 10.5. The predicted octanol–water partition coefficient (Wildman–Crippen LogP) is 3.51. The third-order valence-corrected chi connectivity index (χ3v) is 8.20. The lowest BCUT2D eigenvalue weighted by Gasteiger charge is -2.45. The number of hydrogen-bond donors (Lipinski definition) is 2. The Kier molecular flexibility index (Phi) is 7.10. The van der Waals surface area contributed by atoms with Gasteiger partial charge in [0.1, 0.15) is 0 Å². The number of fused-ring (bicyclic) bond motifs is 2. The summed E-state index contributed by atoms with van der Waals surface area (Å²) in [5.74, 6) is -0.444. The molecule has 1 aromatic carbocycles. The van der Waals surface area contributed by atoms with Crippen molar-refractivity contribution in [2.75, 3.05) is 13.6 Å². The van der Waals surface area contributed by atoms with Crippen LogP contribution >= 0.6 is 0 Å². The molecular formula is C27H34N6O4. The van der Waals surface area contributed by atoms with Crippen molar-refractivity contribution in [2.45, 2.75) is 68.9 Å². The summed E-state index contributed by atoms with van der Waals surface area (Å²) in [4.78, 5) is 21.7. The van der Waals surface area contributed by atoms with Gasteiger partial charge in [0.05, 0.1) is 6.04 Å². The summed E-state index contributed by atoms with van der Waals surface area (Å²) in [7, 11) is 4.47. The molecule has 0 radical (unpaired) electrons. The molecule has 0 bridgehead atoms. The molecule has 196 valence electrons. The van der Waals surface area contributed by atoms with E-state index in [4.69, 9.17) is 10.2 Å². The van der Waals surface area contributed by atoms with E-state index in [2.05, 4.69) is 68.2 Å². The fraction of sp³-hybridized carbons (Fsp3) is 0.519. The molecular weight excluding hydrogens is 472 g/mol. The number of carbonyl (C=O) groups is 2. The molecule has 2 fully saturated rings. The molecule has 37 heavy (non-hydrogen) atoms. The van der Waals surface area contributed by atoms with Crippen molar-refractivity contribution in [3.05, 3.63) is 53.5 Å². The van der Waals surface area contributed by atoms with E-state index in [-0.39, 0.29) is 0 Å². The lowest BCUT2D eigenvalue weighted by Crippen LogP contribution is -2.47. The van der Waals surface area contributed by atoms with Gasteiger partial charge < -0.3 is 19.7 Å². The van der Waals surface area contributed by atoms with Gasteiger partial charge in [-0.1, -0.05) is 31.4 Å². The van der Waals surface area contributed by atoms with Gasteiger partial charge in [-0.05, 0) is 60.4 Å². The zero-order chi connectivity index (χ0) is 26.1. The van der Waals surface area contributed by atoms with Gasteiger partial charge in [0.25, 0.3) is 0 Å². The minimum absolute atomic E-state index is 0.402. The molecule has 1 saturated carbocycles. The fourth-order valence-corrected chi connectivity index (χ4v) is 6.60. The SMILES string of the molecule is CN1C[C@H](c2nnnn2C2CCCCC2)C[C@@H]2c3cccc4c3c(cn4C)C[C@H]21.O=C(O)/C=C\C(=O)O. The van der Waals surface area contributed by atoms with Gasteiger partial charge in [0.15, 0.2) is 5.82 Å². The quantitative estimate of drug-likeness (QED) is 0.515. The maximum absolute atomic E-state index is 9.55. The number of carboxylic acid groups (broad SMARTS) is 2. The Labute approximate surface area is 215 Å². The number of aliphatic carboxylic acids is 2. The first kappa shape index (κ1) is 25.1. The van der Waals surface area contributed by atoms with Crippen LogP contribution in [0.4, 0.5) is 0 Å². The summed E-state index contributed by atoms with van der Waals surface area (Å²) in [5.41, 5.74) is 4.41. The van der Waals surface area contributed by atoms with E-state index in [0.717, 1.165) is 25.2 Å². The third kappa shape index (κ3) is 5.02. The Bertz CT molecular complexity index is 1310. The highest BCUT2D eigenvalue weighted by Gasteiger charge is 2.41. The van der Waals surface area contributed by atoms with Crippen molar-refractivity contribution in [3.63, 3.8) is 0 Å². The van der Waals surface area contributed by atoms with E-state index in [1.54, 1.807) is 0 Å². The number of hydrogen-bond acceptors (Lipinski definition) is 6. The Morgan fingerprint density at radius 2 is 1.78 bits per heavy atom. The van der Waals surface area contributed by atoms with Gasteiger partial charge in [-0.2, -0.15) is 0 Å². The number of nitrogens with zero attached hydrogens (tertiary/aromatic N) is 6. The first-order valence-electron chi connectivity index (χ1n) is 13.0. The number of carboxylic acids is 2. The molecule has 0 amide bonds. The minimum atomic E-state index is -1.26. The average Bonchev–Trinajstić information content (AvgIpc) is 3.50. The standard InChI is InChI=1S/C23H30N6.C4H4O4/c1-27-13-15-12-21-19(18-9-6-10-20(27)22(15)18)11-16(14-28(21)2)23-24-25-26-29(23)17-7-4-3-5-8-17;5-3(6)1-2-4(7)8/h6,9-10,13,16-17,19,21H,3-5,7-8,11-12,14H2,1-2H3;1-2H,(H,5,6)(H,7,8)/b;2-1-/t16-,19-,21-;/m1./s1. The summed E-state index contributed by atoms with van der Waals surface area (Å²) >= 11 is 0. The lowest BCUT2D eigenvalue weighted by atomic mass is 9.72. The van der Waals surface area contributed by atoms with E-state index in [0.29, 0.717) is 36.1 Å². The van der Waals surface area contributed by atoms with Crippen LogP contribution < -0.4 is 0 Å². The lowest BCUT2D eigenvalue weighted by molar-refractivity contribution is -0.134. The minimum Gasteiger partial charge on any atom is -0.478 e. The Morgan fingerprint density at radius 1 is 1.05 bits per heavy atom. The number of aryl methyl sites for hydroxylation is 1. The maximum Gasteiger partial charge on any atom is 0.328 e. The van der Waals surface area contributed by atoms with Gasteiger partial charge in [0, 0.05) is 60.7 Å². The molecule has 3 aromatic rings. The van der Waals surface area contributed by atoms with Crippen molar-refractivity contribution in [1.82, 2.24) is 29.7 Å². The predicted molar refractivity (Wildman–Crippen MR) is 137 cm³/mol. The number of likely N-dealkylation sites (tertiary alicyclic amines) is 1. The molecule has 2 aliphatic carbocycles. The summed E-state index contributed by atoms with van der Waals surface area (Å²) < 4.78 is 4.49. The smallest absolute Gasteiger partial charge is 0.328 e. The summed E-state index contributed by atoms with van der Waals surface area (Å²) in [5, 5.41) is 30.3. The van der Waals surface area contributed by atoms with E-state index in [9.17, 15) is 9.59 Å². The average molecular weight is 507 g/mol. The van der Waals surface area contributed by atoms with Crippen LogP contribution in [0.5, 0.6) is 0 Å². The number of tetrazole rings is 1. The summed E-state index contributed by atoms with van der Waals surface area (Å²) in [6, 6.07) is 7.93. The van der Waals surface area contributed by atoms with Gasteiger partial charge in [-0.15, -0.1) is 5.10 Å². The molecule has 2 aromatic heterocycles. The zero-order valence-electron chi connectivity index (χ0n) is 21.3. The number of benzene rings is 1. The van der Waals surface area contributed by atoms with Gasteiger partial charge in [-0.3, -0.25) is 0 Å². The monoisotopic (exact) mass is 506 g/mol. The van der Waals surface area contributed by atoms with E-state index in [1.165, 1.54) is 54.1 Å². The highest BCUT2D eigenvalue weighted by atomic mass is 16.4. The number of aromatic nitrogens is 5. The van der Waals surface area contributed by atoms with Crippen LogP contribution in [-0.4, -0.2) is 71.5 Å². The van der Waals surface area contributed by atoms with Gasteiger partial charge in [-0.25, -0.2) is 14.3 Å². The summed E-state index contributed by atoms with van der Waals surface area (Å²) in [6.07, 6.45) is 12.2. The van der Waals surface area contributed by atoms with E-state index < -0.39 is 11.9 Å². The van der Waals surface area contributed by atoms with Crippen molar-refractivity contribution in [2.24, 2.45) is 7.05 Å². The van der Waals surface area contributed by atoms with Crippen molar-refractivity contribution >= 4 is 22.8 Å². The Balaban J connectivity index is 0.000000307. The van der Waals surface area contributed by atoms with Crippen molar-refractivity contribution in [3.8, 4) is 0 Å². The topological polar surface area (TPSA) is 126 Å². The molecule has 3 heterocycles. The molecule has 1 saturated heterocycles. The Morgan fingerprint density at radius 3 is 2.49 bits per heavy atom. The van der Waals surface area contributed by atoms with E-state index in [1.807, 2.05) is 0 Å². The first-order valence-corrected chi connectivity index (χ1v) is 13.0. The second kappa shape index (κ2) is 10.5. The summed E-state index contributed by atoms with van der Waals surface area (Å²) in [6.45, 7) is 1.05. The molecule has 0 spiro atoms. The third-order valence-electron chi connectivity index (χ3n) is 8.20. The Hall–Kier alpha value is -3.53. The molecule has 6 rings (SSSR count). The second-order valence-electron chi connectivity index (χ2n) is 10.5. The van der Waals surface area contributed by atoms with Crippen LogP contribution in [0.1, 0.15) is 73.4 Å². The van der Waals surface area contributed by atoms with E-state index >= 15 is 0 Å². The molecule has 3 atom stereocenters. The van der Waals surface area contributed by atoms with Crippen LogP contribution in [0.2, 0.25) is 0 Å². The van der Waals surface area contributed by atoms with Crippen LogP contribution in [0.25, 0.3) is 10.9 Å². The van der Waals surface area contributed by atoms with Crippen LogP contribution in [0.15, 0.2) is 36.5 Å². The molecule has 2 N–H and O–H groups in total. The fourth-order valence-electron chi connectivity index (χ4n) is 6.60. The van der Waals surface area contributed by atoms with Crippen LogP contribution in [-0.2, 0) is 23.1 Å². The molecule has 1 aliphatic heterocycles. The van der Waals surface area contributed by atoms with Crippen molar-refractivity contribution in [1.29, 1.82) is 0 Å². The van der Waals surface area contributed by atoms with Crippen LogP contribution in [0.3, 0.4) is 0 Å². The molecule has 10 heteroatoms. The maximum atomic E-state index is 9.55.